The van der Waals surface area contributed by atoms with Gasteiger partial charge in [-0.3, -0.25) is 9.59 Å². The lowest BCUT2D eigenvalue weighted by atomic mass is 9.89. The number of hydrogen-bond donors (Lipinski definition) is 1. The molecule has 1 N–H and O–H groups in total. The maximum absolute atomic E-state index is 12.9. The van der Waals surface area contributed by atoms with E-state index in [2.05, 4.69) is 0 Å². The van der Waals surface area contributed by atoms with E-state index in [1.165, 1.54) is 19.2 Å². The van der Waals surface area contributed by atoms with Crippen LogP contribution in [0.2, 0.25) is 0 Å². The van der Waals surface area contributed by atoms with E-state index in [1.807, 2.05) is 0 Å². The fourth-order valence-corrected chi connectivity index (χ4v) is 2.97. The number of hydrogen-bond acceptors (Lipinski definition) is 4. The molecule has 0 amide bonds. The van der Waals surface area contributed by atoms with Gasteiger partial charge in [-0.2, -0.15) is 0 Å². The molecule has 0 radical (unpaired) electrons. The lowest BCUT2D eigenvalue weighted by Crippen LogP contribution is -2.25. The van der Waals surface area contributed by atoms with Gasteiger partial charge in [-0.05, 0) is 43.4 Å². The molecular weight excluding hydrogens is 287 g/mol. The standard InChI is InChI=1S/C17H21FO4/c1-22-17(21)13(8-11-2-5-14(18)6-3-11)10-16(20)12-4-7-15(19)9-12/h2-3,5-6,12-13,15,19H,4,7-10H2,1H3/t12-,13-,15?/m1/s1. The Bertz CT molecular complexity index is 526. The molecule has 0 bridgehead atoms. The summed E-state index contributed by atoms with van der Waals surface area (Å²) in [6, 6.07) is 5.88. The summed E-state index contributed by atoms with van der Waals surface area (Å²) in [6.07, 6.45) is 1.81. The Morgan fingerprint density at radius 3 is 2.55 bits per heavy atom. The molecule has 0 heterocycles. The minimum Gasteiger partial charge on any atom is -0.469 e. The second-order valence-electron chi connectivity index (χ2n) is 5.88. The summed E-state index contributed by atoms with van der Waals surface area (Å²) < 4.78 is 17.7. The predicted octanol–water partition coefficient (Wildman–Crippen LogP) is 2.28. The molecule has 1 aliphatic carbocycles. The van der Waals surface area contributed by atoms with Gasteiger partial charge in [0.1, 0.15) is 11.6 Å². The quantitative estimate of drug-likeness (QED) is 0.819. The molecule has 1 fully saturated rings. The molecule has 1 aliphatic rings. The second kappa shape index (κ2) is 7.49. The van der Waals surface area contributed by atoms with Gasteiger partial charge in [0.05, 0.1) is 19.1 Å². The van der Waals surface area contributed by atoms with Gasteiger partial charge in [0.2, 0.25) is 0 Å². The lowest BCUT2D eigenvalue weighted by molar-refractivity contribution is -0.147. The van der Waals surface area contributed by atoms with E-state index in [-0.39, 0.29) is 23.9 Å². The molecule has 0 aliphatic heterocycles. The number of ether oxygens (including phenoxy) is 1. The third-order valence-corrected chi connectivity index (χ3v) is 4.24. The fourth-order valence-electron chi connectivity index (χ4n) is 2.97. The van der Waals surface area contributed by atoms with E-state index < -0.39 is 18.0 Å². The van der Waals surface area contributed by atoms with Gasteiger partial charge in [0, 0.05) is 12.3 Å². The second-order valence-corrected chi connectivity index (χ2v) is 5.88. The summed E-state index contributed by atoms with van der Waals surface area (Å²) >= 11 is 0. The number of aliphatic hydroxyl groups excluding tert-OH is 1. The number of esters is 1. The van der Waals surface area contributed by atoms with Crippen molar-refractivity contribution in [3.63, 3.8) is 0 Å². The molecule has 5 heteroatoms. The number of carbonyl (C=O) groups excluding carboxylic acids is 2. The Labute approximate surface area is 129 Å². The van der Waals surface area contributed by atoms with Gasteiger partial charge in [-0.25, -0.2) is 4.39 Å². The van der Waals surface area contributed by atoms with Gasteiger partial charge >= 0.3 is 5.97 Å². The number of methoxy groups -OCH3 is 1. The molecule has 120 valence electrons. The van der Waals surface area contributed by atoms with Crippen LogP contribution in [0.5, 0.6) is 0 Å². The molecule has 2 rings (SSSR count). The van der Waals surface area contributed by atoms with E-state index in [4.69, 9.17) is 4.74 Å². The van der Waals surface area contributed by atoms with E-state index in [0.717, 1.165) is 5.56 Å². The zero-order chi connectivity index (χ0) is 16.1. The van der Waals surface area contributed by atoms with Crippen molar-refractivity contribution >= 4 is 11.8 Å². The zero-order valence-electron chi connectivity index (χ0n) is 12.6. The molecule has 3 atom stereocenters. The summed E-state index contributed by atoms with van der Waals surface area (Å²) in [5, 5.41) is 9.52. The summed E-state index contributed by atoms with van der Waals surface area (Å²) in [7, 11) is 1.30. The van der Waals surface area contributed by atoms with Crippen molar-refractivity contribution in [1.29, 1.82) is 0 Å². The number of aliphatic hydroxyl groups is 1. The van der Waals surface area contributed by atoms with Crippen molar-refractivity contribution in [3.8, 4) is 0 Å². The highest BCUT2D eigenvalue weighted by Gasteiger charge is 2.32. The molecule has 1 aromatic carbocycles. The van der Waals surface area contributed by atoms with Gasteiger partial charge in [0.25, 0.3) is 0 Å². The Balaban J connectivity index is 2.01. The third kappa shape index (κ3) is 4.37. The van der Waals surface area contributed by atoms with Crippen molar-refractivity contribution in [2.75, 3.05) is 7.11 Å². The number of ketones is 1. The number of halogens is 1. The van der Waals surface area contributed by atoms with Crippen LogP contribution >= 0.6 is 0 Å². The van der Waals surface area contributed by atoms with E-state index in [9.17, 15) is 19.1 Å². The SMILES string of the molecule is COC(=O)[C@@H](CC(=O)[C@@H]1CCC(O)C1)Cc1ccc(F)cc1. The Morgan fingerprint density at radius 1 is 1.32 bits per heavy atom. The van der Waals surface area contributed by atoms with Crippen LogP contribution in [-0.2, 0) is 20.7 Å². The minimum atomic E-state index is -0.569. The highest BCUT2D eigenvalue weighted by molar-refractivity contribution is 5.86. The smallest absolute Gasteiger partial charge is 0.309 e. The van der Waals surface area contributed by atoms with Crippen LogP contribution in [0, 0.1) is 17.7 Å². The molecule has 0 aromatic heterocycles. The first kappa shape index (κ1) is 16.6. The highest BCUT2D eigenvalue weighted by atomic mass is 19.1. The molecular formula is C17H21FO4. The monoisotopic (exact) mass is 308 g/mol. The Kier molecular flexibility index (Phi) is 5.66. The fraction of sp³-hybridized carbons (Fsp3) is 0.529. The first-order valence-corrected chi connectivity index (χ1v) is 7.52. The van der Waals surface area contributed by atoms with Gasteiger partial charge in [0.15, 0.2) is 0 Å². The molecule has 0 spiro atoms. The largest absolute Gasteiger partial charge is 0.469 e. The minimum absolute atomic E-state index is 0.00550. The summed E-state index contributed by atoms with van der Waals surface area (Å²) in [5.41, 5.74) is 0.788. The van der Waals surface area contributed by atoms with Crippen LogP contribution in [0.15, 0.2) is 24.3 Å². The maximum atomic E-state index is 12.9. The number of rotatable bonds is 6. The number of benzene rings is 1. The topological polar surface area (TPSA) is 63.6 Å². The average Bonchev–Trinajstić information content (AvgIpc) is 2.94. The predicted molar refractivity (Wildman–Crippen MR) is 78.6 cm³/mol. The van der Waals surface area contributed by atoms with Crippen LogP contribution in [0.25, 0.3) is 0 Å². The van der Waals surface area contributed by atoms with Crippen molar-refractivity contribution < 1.29 is 23.8 Å². The molecule has 1 aromatic rings. The van der Waals surface area contributed by atoms with Crippen LogP contribution in [0.4, 0.5) is 4.39 Å². The van der Waals surface area contributed by atoms with Gasteiger partial charge in [-0.15, -0.1) is 0 Å². The van der Waals surface area contributed by atoms with Crippen LogP contribution in [0.3, 0.4) is 0 Å². The number of carbonyl (C=O) groups is 2. The lowest BCUT2D eigenvalue weighted by Gasteiger charge is -2.16. The average molecular weight is 308 g/mol. The maximum Gasteiger partial charge on any atom is 0.309 e. The molecule has 4 nitrogen and oxygen atoms in total. The summed E-state index contributed by atoms with van der Waals surface area (Å²) in [5.74, 6) is -1.52. The molecule has 0 saturated heterocycles. The van der Waals surface area contributed by atoms with Crippen molar-refractivity contribution in [2.45, 2.75) is 38.2 Å². The van der Waals surface area contributed by atoms with Crippen LogP contribution < -0.4 is 0 Å². The number of Topliss-reactive ketones (excluding diaryl/α,β-unsaturated/α-hetero) is 1. The van der Waals surface area contributed by atoms with E-state index >= 15 is 0 Å². The third-order valence-electron chi connectivity index (χ3n) is 4.24. The highest BCUT2D eigenvalue weighted by Crippen LogP contribution is 2.29. The van der Waals surface area contributed by atoms with E-state index in [1.54, 1.807) is 12.1 Å². The molecule has 22 heavy (non-hydrogen) atoms. The normalized spacial score (nSPS) is 22.3. The summed E-state index contributed by atoms with van der Waals surface area (Å²) in [6.45, 7) is 0. The molecule has 1 unspecified atom stereocenters. The Hall–Kier alpha value is -1.75. The first-order valence-electron chi connectivity index (χ1n) is 7.52. The van der Waals surface area contributed by atoms with Gasteiger partial charge in [-0.1, -0.05) is 12.1 Å². The van der Waals surface area contributed by atoms with Crippen LogP contribution in [-0.4, -0.2) is 30.1 Å². The first-order chi connectivity index (χ1) is 10.5. The van der Waals surface area contributed by atoms with Crippen molar-refractivity contribution in [1.82, 2.24) is 0 Å². The van der Waals surface area contributed by atoms with Crippen molar-refractivity contribution in [3.05, 3.63) is 35.6 Å². The summed E-state index contributed by atoms with van der Waals surface area (Å²) in [4.78, 5) is 24.2. The zero-order valence-corrected chi connectivity index (χ0v) is 12.6. The van der Waals surface area contributed by atoms with Crippen LogP contribution in [0.1, 0.15) is 31.2 Å². The van der Waals surface area contributed by atoms with E-state index in [0.29, 0.717) is 25.7 Å². The van der Waals surface area contributed by atoms with Crippen molar-refractivity contribution in [2.24, 2.45) is 11.8 Å². The molecule has 1 saturated carbocycles. The Morgan fingerprint density at radius 2 is 2.00 bits per heavy atom. The van der Waals surface area contributed by atoms with Gasteiger partial charge < -0.3 is 9.84 Å².